The van der Waals surface area contributed by atoms with Gasteiger partial charge in [0.25, 0.3) is 0 Å². The van der Waals surface area contributed by atoms with E-state index in [1.165, 1.54) is 24.8 Å². The van der Waals surface area contributed by atoms with Crippen molar-refractivity contribution in [3.05, 3.63) is 23.8 Å². The van der Waals surface area contributed by atoms with Crippen LogP contribution in [0.2, 0.25) is 0 Å². The van der Waals surface area contributed by atoms with Crippen molar-refractivity contribution in [1.82, 2.24) is 0 Å². The molecule has 0 bridgehead atoms. The van der Waals surface area contributed by atoms with Gasteiger partial charge in [0.1, 0.15) is 0 Å². The molecule has 3 unspecified atom stereocenters. The lowest BCUT2D eigenvalue weighted by Crippen LogP contribution is -2.29. The van der Waals surface area contributed by atoms with E-state index in [2.05, 4.69) is 19.6 Å². The first-order chi connectivity index (χ1) is 7.59. The minimum Gasteiger partial charge on any atom is -0.478 e. The van der Waals surface area contributed by atoms with Crippen molar-refractivity contribution in [1.29, 1.82) is 0 Å². The van der Waals surface area contributed by atoms with Crippen LogP contribution in [0.25, 0.3) is 0 Å². The summed E-state index contributed by atoms with van der Waals surface area (Å²) < 4.78 is 0. The van der Waals surface area contributed by atoms with Crippen LogP contribution in [-0.4, -0.2) is 11.1 Å². The number of carboxylic acid groups (broad SMARTS) is 1. The van der Waals surface area contributed by atoms with Crippen molar-refractivity contribution in [3.8, 4) is 0 Å². The van der Waals surface area contributed by atoms with Gasteiger partial charge in [-0.2, -0.15) is 0 Å². The van der Waals surface area contributed by atoms with Gasteiger partial charge < -0.3 is 5.11 Å². The fraction of sp³-hybridized carbons (Fsp3) is 0.643. The average molecular weight is 220 g/mol. The van der Waals surface area contributed by atoms with Crippen LogP contribution in [0.5, 0.6) is 0 Å². The molecule has 1 fully saturated rings. The van der Waals surface area contributed by atoms with E-state index in [1.807, 2.05) is 0 Å². The number of carbonyl (C=O) groups is 1. The summed E-state index contributed by atoms with van der Waals surface area (Å²) >= 11 is 0. The van der Waals surface area contributed by atoms with E-state index >= 15 is 0 Å². The summed E-state index contributed by atoms with van der Waals surface area (Å²) in [5.74, 6) is 0.785. The second kappa shape index (κ2) is 4.44. The third kappa shape index (κ3) is 2.06. The lowest BCUT2D eigenvalue weighted by Gasteiger charge is -2.39. The lowest BCUT2D eigenvalue weighted by molar-refractivity contribution is -0.133. The van der Waals surface area contributed by atoms with Gasteiger partial charge in [0.05, 0.1) is 0 Å². The molecule has 0 aromatic heterocycles. The summed E-state index contributed by atoms with van der Waals surface area (Å²) in [5, 5.41) is 8.98. The maximum absolute atomic E-state index is 10.9. The predicted octanol–water partition coefficient (Wildman–Crippen LogP) is 3.40. The quantitative estimate of drug-likeness (QED) is 0.572. The van der Waals surface area contributed by atoms with Crippen LogP contribution in [0.1, 0.15) is 39.0 Å². The van der Waals surface area contributed by atoms with Crippen LogP contribution in [0.4, 0.5) is 0 Å². The molecule has 2 heteroatoms. The van der Waals surface area contributed by atoms with E-state index in [4.69, 9.17) is 5.11 Å². The molecule has 0 spiro atoms. The van der Waals surface area contributed by atoms with E-state index in [0.29, 0.717) is 11.5 Å². The summed E-state index contributed by atoms with van der Waals surface area (Å²) in [6.45, 7) is 5.92. The number of allylic oxidation sites excluding steroid dienone is 2. The Morgan fingerprint density at radius 2 is 2.19 bits per heavy atom. The number of hydrogen-bond donors (Lipinski definition) is 1. The van der Waals surface area contributed by atoms with Gasteiger partial charge in [-0.05, 0) is 56.8 Å². The van der Waals surface area contributed by atoms with Crippen LogP contribution in [-0.2, 0) is 4.79 Å². The summed E-state index contributed by atoms with van der Waals surface area (Å²) in [4.78, 5) is 10.9. The Morgan fingerprint density at radius 1 is 1.44 bits per heavy atom. The van der Waals surface area contributed by atoms with Crippen LogP contribution in [0, 0.1) is 17.8 Å². The Kier molecular flexibility index (Phi) is 3.17. The molecule has 0 heterocycles. The zero-order chi connectivity index (χ0) is 11.7. The molecule has 0 radical (unpaired) electrons. The first kappa shape index (κ1) is 11.4. The molecule has 88 valence electrons. The molecule has 0 amide bonds. The predicted molar refractivity (Wildman–Crippen MR) is 64.1 cm³/mol. The van der Waals surface area contributed by atoms with Crippen molar-refractivity contribution in [2.75, 3.05) is 0 Å². The van der Waals surface area contributed by atoms with Gasteiger partial charge in [-0.15, -0.1) is 0 Å². The van der Waals surface area contributed by atoms with Gasteiger partial charge in [-0.25, -0.2) is 4.79 Å². The van der Waals surface area contributed by atoms with E-state index in [0.717, 1.165) is 18.8 Å². The van der Waals surface area contributed by atoms with E-state index in [-0.39, 0.29) is 5.92 Å². The summed E-state index contributed by atoms with van der Waals surface area (Å²) in [6.07, 6.45) is 8.00. The highest BCUT2D eigenvalue weighted by atomic mass is 16.4. The van der Waals surface area contributed by atoms with Crippen molar-refractivity contribution in [3.63, 3.8) is 0 Å². The lowest BCUT2D eigenvalue weighted by atomic mass is 9.66. The molecule has 2 aliphatic rings. The number of fused-ring (bicyclic) bond motifs is 1. The van der Waals surface area contributed by atoms with Crippen molar-refractivity contribution < 1.29 is 9.90 Å². The van der Waals surface area contributed by atoms with Crippen LogP contribution >= 0.6 is 0 Å². The zero-order valence-corrected chi connectivity index (χ0v) is 9.91. The molecular formula is C14H20O2. The molecule has 1 N–H and O–H groups in total. The Balaban J connectivity index is 2.08. The molecule has 1 saturated carbocycles. The smallest absolute Gasteiger partial charge is 0.331 e. The van der Waals surface area contributed by atoms with E-state index in [9.17, 15) is 4.79 Å². The maximum Gasteiger partial charge on any atom is 0.331 e. The molecule has 2 aliphatic carbocycles. The van der Waals surface area contributed by atoms with Gasteiger partial charge >= 0.3 is 5.97 Å². The molecule has 2 nitrogen and oxygen atoms in total. The monoisotopic (exact) mass is 220 g/mol. The standard InChI is InChI=1S/C14H20O2/c1-9-4-3-5-11-6-7-12(8-13(9)11)10(2)14(15)16/h4,11-13H,2-3,5-8H2,1H3,(H,15,16). The van der Waals surface area contributed by atoms with E-state index in [1.54, 1.807) is 0 Å². The second-order valence-corrected chi connectivity index (χ2v) is 5.23. The summed E-state index contributed by atoms with van der Waals surface area (Å²) in [7, 11) is 0. The highest BCUT2D eigenvalue weighted by Crippen LogP contribution is 2.44. The van der Waals surface area contributed by atoms with Crippen LogP contribution < -0.4 is 0 Å². The van der Waals surface area contributed by atoms with Crippen molar-refractivity contribution in [2.24, 2.45) is 17.8 Å². The number of rotatable bonds is 2. The van der Waals surface area contributed by atoms with Gasteiger partial charge in [0.15, 0.2) is 0 Å². The first-order valence-electron chi connectivity index (χ1n) is 6.18. The Hall–Kier alpha value is -1.05. The molecule has 0 aromatic rings. The molecule has 0 aliphatic heterocycles. The fourth-order valence-electron chi connectivity index (χ4n) is 3.30. The van der Waals surface area contributed by atoms with Crippen LogP contribution in [0.15, 0.2) is 23.8 Å². The third-order valence-corrected chi connectivity index (χ3v) is 4.35. The van der Waals surface area contributed by atoms with Gasteiger partial charge in [0, 0.05) is 5.57 Å². The average Bonchev–Trinajstić information content (AvgIpc) is 2.28. The second-order valence-electron chi connectivity index (χ2n) is 5.23. The largest absolute Gasteiger partial charge is 0.478 e. The minimum absolute atomic E-state index is 0.195. The first-order valence-corrected chi connectivity index (χ1v) is 6.18. The fourth-order valence-corrected chi connectivity index (χ4v) is 3.30. The van der Waals surface area contributed by atoms with Crippen molar-refractivity contribution >= 4 is 5.97 Å². The molecule has 2 rings (SSSR count). The van der Waals surface area contributed by atoms with Gasteiger partial charge in [-0.1, -0.05) is 18.2 Å². The molecular weight excluding hydrogens is 200 g/mol. The Bertz CT molecular complexity index is 341. The molecule has 3 atom stereocenters. The summed E-state index contributed by atoms with van der Waals surface area (Å²) in [5.41, 5.74) is 1.89. The Morgan fingerprint density at radius 3 is 2.88 bits per heavy atom. The molecule has 0 saturated heterocycles. The number of aliphatic carboxylic acids is 1. The number of hydrogen-bond acceptors (Lipinski definition) is 1. The number of carboxylic acids is 1. The minimum atomic E-state index is -0.819. The SMILES string of the molecule is C=C(C(=O)O)C1CCC2CCC=C(C)C2C1. The highest BCUT2D eigenvalue weighted by Gasteiger charge is 2.34. The topological polar surface area (TPSA) is 37.3 Å². The van der Waals surface area contributed by atoms with Gasteiger partial charge in [-0.3, -0.25) is 0 Å². The highest BCUT2D eigenvalue weighted by molar-refractivity contribution is 5.86. The zero-order valence-electron chi connectivity index (χ0n) is 9.91. The third-order valence-electron chi connectivity index (χ3n) is 4.35. The van der Waals surface area contributed by atoms with Gasteiger partial charge in [0.2, 0.25) is 0 Å². The van der Waals surface area contributed by atoms with Crippen LogP contribution in [0.3, 0.4) is 0 Å². The van der Waals surface area contributed by atoms with Crippen molar-refractivity contribution in [2.45, 2.75) is 39.0 Å². The molecule has 16 heavy (non-hydrogen) atoms. The Labute approximate surface area is 97.0 Å². The maximum atomic E-state index is 10.9. The molecule has 0 aromatic carbocycles. The summed E-state index contributed by atoms with van der Waals surface area (Å²) in [6, 6.07) is 0. The van der Waals surface area contributed by atoms with E-state index < -0.39 is 5.97 Å². The normalized spacial score (nSPS) is 33.8.